The first-order chi connectivity index (χ1) is 15.5. The van der Waals surface area contributed by atoms with Gasteiger partial charge in [-0.25, -0.2) is 0 Å². The zero-order valence-corrected chi connectivity index (χ0v) is 17.9. The van der Waals surface area contributed by atoms with E-state index in [9.17, 15) is 9.59 Å². The van der Waals surface area contributed by atoms with Crippen molar-refractivity contribution in [3.05, 3.63) is 102 Å². The standard InChI is InChI=1S/C26H26N2O4/c1-31-24-17-20(12-14-23(24)32-18-25(27)29)13-15-26(30)28-22(21-10-6-3-7-11-21)16-19-8-4-2-5-9-19/h2-15,17,22H,16,18H2,1H3,(H2,27,29)(H,28,30)/b15-13+. The lowest BCUT2D eigenvalue weighted by Crippen LogP contribution is -2.28. The number of ether oxygens (including phenoxy) is 2. The van der Waals surface area contributed by atoms with Crippen LogP contribution in [0.5, 0.6) is 11.5 Å². The van der Waals surface area contributed by atoms with Crippen LogP contribution in [0.15, 0.2) is 84.9 Å². The van der Waals surface area contributed by atoms with Gasteiger partial charge < -0.3 is 20.5 Å². The maximum Gasteiger partial charge on any atom is 0.255 e. The largest absolute Gasteiger partial charge is 0.493 e. The Morgan fingerprint density at radius 1 is 0.969 bits per heavy atom. The maximum absolute atomic E-state index is 12.7. The van der Waals surface area contributed by atoms with E-state index in [0.29, 0.717) is 17.9 Å². The van der Waals surface area contributed by atoms with Gasteiger partial charge in [-0.15, -0.1) is 0 Å². The molecule has 0 aliphatic heterocycles. The molecule has 3 N–H and O–H groups in total. The Bertz CT molecular complexity index is 1070. The van der Waals surface area contributed by atoms with Crippen LogP contribution in [0.25, 0.3) is 6.08 Å². The highest BCUT2D eigenvalue weighted by atomic mass is 16.5. The molecule has 0 saturated carbocycles. The van der Waals surface area contributed by atoms with Crippen LogP contribution in [0.3, 0.4) is 0 Å². The third kappa shape index (κ3) is 6.74. The summed E-state index contributed by atoms with van der Waals surface area (Å²) in [5.74, 6) is 0.0685. The van der Waals surface area contributed by atoms with E-state index in [4.69, 9.17) is 15.2 Å². The second kappa shape index (κ2) is 11.4. The van der Waals surface area contributed by atoms with Gasteiger partial charge in [-0.3, -0.25) is 9.59 Å². The van der Waals surface area contributed by atoms with Crippen molar-refractivity contribution >= 4 is 17.9 Å². The summed E-state index contributed by atoms with van der Waals surface area (Å²) in [6.07, 6.45) is 3.87. The van der Waals surface area contributed by atoms with Crippen LogP contribution in [0.2, 0.25) is 0 Å². The van der Waals surface area contributed by atoms with Gasteiger partial charge in [0.1, 0.15) is 0 Å². The molecule has 3 rings (SSSR count). The minimum absolute atomic E-state index is 0.158. The van der Waals surface area contributed by atoms with Crippen molar-refractivity contribution in [2.24, 2.45) is 5.73 Å². The zero-order valence-electron chi connectivity index (χ0n) is 17.9. The van der Waals surface area contributed by atoms with Crippen molar-refractivity contribution < 1.29 is 19.1 Å². The number of benzene rings is 3. The lowest BCUT2D eigenvalue weighted by molar-refractivity contribution is -0.120. The molecule has 2 amide bonds. The van der Waals surface area contributed by atoms with Gasteiger partial charge in [0, 0.05) is 6.08 Å². The molecule has 0 heterocycles. The van der Waals surface area contributed by atoms with Crippen molar-refractivity contribution in [3.8, 4) is 11.5 Å². The number of nitrogens with one attached hydrogen (secondary N) is 1. The van der Waals surface area contributed by atoms with E-state index in [1.165, 1.54) is 13.2 Å². The van der Waals surface area contributed by atoms with Gasteiger partial charge in [-0.1, -0.05) is 66.7 Å². The highest BCUT2D eigenvalue weighted by molar-refractivity contribution is 5.92. The first kappa shape index (κ1) is 22.6. The smallest absolute Gasteiger partial charge is 0.255 e. The summed E-state index contributed by atoms with van der Waals surface area (Å²) in [6, 6.07) is 24.9. The van der Waals surface area contributed by atoms with Gasteiger partial charge in [0.05, 0.1) is 13.2 Å². The number of nitrogens with two attached hydrogens (primary N) is 1. The van der Waals surface area contributed by atoms with Gasteiger partial charge in [-0.2, -0.15) is 0 Å². The molecule has 1 unspecified atom stereocenters. The van der Waals surface area contributed by atoms with Crippen molar-refractivity contribution in [3.63, 3.8) is 0 Å². The van der Waals surface area contributed by atoms with Crippen LogP contribution in [0.1, 0.15) is 22.7 Å². The number of primary amides is 1. The second-order valence-corrected chi connectivity index (χ2v) is 7.16. The van der Waals surface area contributed by atoms with Gasteiger partial charge in [0.2, 0.25) is 5.91 Å². The monoisotopic (exact) mass is 430 g/mol. The maximum atomic E-state index is 12.7. The topological polar surface area (TPSA) is 90.7 Å². The van der Waals surface area contributed by atoms with Crippen molar-refractivity contribution in [1.82, 2.24) is 5.32 Å². The van der Waals surface area contributed by atoms with Crippen LogP contribution in [-0.2, 0) is 16.0 Å². The predicted molar refractivity (Wildman–Crippen MR) is 124 cm³/mol. The number of methoxy groups -OCH3 is 1. The van der Waals surface area contributed by atoms with Crippen molar-refractivity contribution in [2.75, 3.05) is 13.7 Å². The van der Waals surface area contributed by atoms with Crippen LogP contribution in [0, 0.1) is 0 Å². The number of rotatable bonds is 10. The summed E-state index contributed by atoms with van der Waals surface area (Å²) in [6.45, 7) is -0.240. The highest BCUT2D eigenvalue weighted by Gasteiger charge is 2.14. The first-order valence-corrected chi connectivity index (χ1v) is 10.2. The van der Waals surface area contributed by atoms with Crippen LogP contribution >= 0.6 is 0 Å². The van der Waals surface area contributed by atoms with Gasteiger partial charge in [0.25, 0.3) is 5.91 Å². The Morgan fingerprint density at radius 3 is 2.31 bits per heavy atom. The van der Waals surface area contributed by atoms with E-state index in [2.05, 4.69) is 5.32 Å². The summed E-state index contributed by atoms with van der Waals surface area (Å²) in [4.78, 5) is 23.6. The van der Waals surface area contributed by atoms with Crippen LogP contribution < -0.4 is 20.5 Å². The molecule has 0 fully saturated rings. The molecule has 3 aromatic rings. The van der Waals surface area contributed by atoms with E-state index in [1.54, 1.807) is 24.3 Å². The van der Waals surface area contributed by atoms with Crippen molar-refractivity contribution in [2.45, 2.75) is 12.5 Å². The van der Waals surface area contributed by atoms with Gasteiger partial charge in [-0.05, 0) is 41.3 Å². The molecule has 3 aromatic carbocycles. The normalized spacial score (nSPS) is 11.7. The third-order valence-corrected chi connectivity index (χ3v) is 4.79. The molecular formula is C26H26N2O4. The third-order valence-electron chi connectivity index (χ3n) is 4.79. The molecule has 32 heavy (non-hydrogen) atoms. The minimum Gasteiger partial charge on any atom is -0.493 e. The Hall–Kier alpha value is -4.06. The molecule has 0 aliphatic carbocycles. The number of amides is 2. The molecule has 6 heteroatoms. The average molecular weight is 431 g/mol. The SMILES string of the molecule is COc1cc(/C=C/C(=O)NC(Cc2ccccc2)c2ccccc2)ccc1OCC(N)=O. The Morgan fingerprint density at radius 2 is 1.66 bits per heavy atom. The number of carbonyl (C=O) groups is 2. The fourth-order valence-corrected chi connectivity index (χ4v) is 3.24. The van der Waals surface area contributed by atoms with Gasteiger partial charge >= 0.3 is 0 Å². The Balaban J connectivity index is 1.70. The average Bonchev–Trinajstić information content (AvgIpc) is 2.82. The fraction of sp³-hybridized carbons (Fsp3) is 0.154. The lowest BCUT2D eigenvalue weighted by Gasteiger charge is -2.18. The minimum atomic E-state index is -0.573. The summed E-state index contributed by atoms with van der Waals surface area (Å²) >= 11 is 0. The highest BCUT2D eigenvalue weighted by Crippen LogP contribution is 2.28. The van der Waals surface area contributed by atoms with Crippen LogP contribution in [-0.4, -0.2) is 25.5 Å². The summed E-state index contributed by atoms with van der Waals surface area (Å²) in [5.41, 5.74) is 8.04. The van der Waals surface area contributed by atoms with E-state index < -0.39 is 5.91 Å². The Kier molecular flexibility index (Phi) is 8.03. The molecular weight excluding hydrogens is 404 g/mol. The first-order valence-electron chi connectivity index (χ1n) is 10.2. The van der Waals surface area contributed by atoms with Gasteiger partial charge in [0.15, 0.2) is 18.1 Å². The molecule has 0 saturated heterocycles. The molecule has 0 aromatic heterocycles. The number of carbonyl (C=O) groups excluding carboxylic acids is 2. The molecule has 0 radical (unpaired) electrons. The fourth-order valence-electron chi connectivity index (χ4n) is 3.24. The van der Waals surface area contributed by atoms with E-state index in [1.807, 2.05) is 60.7 Å². The molecule has 1 atom stereocenters. The molecule has 0 spiro atoms. The summed E-state index contributed by atoms with van der Waals surface area (Å²) < 4.78 is 10.6. The Labute approximate surface area is 187 Å². The summed E-state index contributed by atoms with van der Waals surface area (Å²) in [5, 5.41) is 3.09. The molecule has 0 aliphatic rings. The molecule has 0 bridgehead atoms. The van der Waals surface area contributed by atoms with E-state index in [0.717, 1.165) is 16.7 Å². The van der Waals surface area contributed by atoms with Crippen LogP contribution in [0.4, 0.5) is 0 Å². The predicted octanol–water partition coefficient (Wildman–Crippen LogP) is 3.67. The summed E-state index contributed by atoms with van der Waals surface area (Å²) in [7, 11) is 1.50. The number of hydrogen-bond donors (Lipinski definition) is 2. The van der Waals surface area contributed by atoms with Crippen molar-refractivity contribution in [1.29, 1.82) is 0 Å². The van der Waals surface area contributed by atoms with E-state index >= 15 is 0 Å². The number of hydrogen-bond acceptors (Lipinski definition) is 4. The second-order valence-electron chi connectivity index (χ2n) is 7.16. The van der Waals surface area contributed by atoms with E-state index in [-0.39, 0.29) is 18.6 Å². The zero-order chi connectivity index (χ0) is 22.8. The lowest BCUT2D eigenvalue weighted by atomic mass is 9.99. The molecule has 164 valence electrons. The quantitative estimate of drug-likeness (QED) is 0.480. The molecule has 6 nitrogen and oxygen atoms in total.